The van der Waals surface area contributed by atoms with Crippen molar-refractivity contribution in [2.45, 2.75) is 128 Å². The Morgan fingerprint density at radius 1 is 0.585 bits per heavy atom. The van der Waals surface area contributed by atoms with Gasteiger partial charge in [-0.3, -0.25) is 0 Å². The molecular formula is C35H62N6. The van der Waals surface area contributed by atoms with Crippen LogP contribution in [-0.4, -0.2) is 22.2 Å². The highest BCUT2D eigenvalue weighted by molar-refractivity contribution is 5.04. The number of aromatic nitrogens is 2. The Kier molecular flexibility index (Phi) is 11.7. The zero-order valence-electron chi connectivity index (χ0n) is 28.8. The first-order chi connectivity index (χ1) is 18.4. The van der Waals surface area contributed by atoms with Crippen molar-refractivity contribution in [2.75, 3.05) is 13.1 Å². The van der Waals surface area contributed by atoms with Gasteiger partial charge in [0.25, 0.3) is 0 Å². The molecule has 0 radical (unpaired) electrons. The summed E-state index contributed by atoms with van der Waals surface area (Å²) in [6, 6.07) is 4.66. The molecule has 0 amide bonds. The first kappa shape index (κ1) is 36.4. The minimum Gasteiger partial charge on any atom is -0.372 e. The van der Waals surface area contributed by atoms with Gasteiger partial charge >= 0.3 is 0 Å². The van der Waals surface area contributed by atoms with E-state index in [1.165, 1.54) is 0 Å². The largest absolute Gasteiger partial charge is 0.372 e. The Morgan fingerprint density at radius 3 is 1.20 bits per heavy atom. The summed E-state index contributed by atoms with van der Waals surface area (Å²) in [4.78, 5) is 0. The predicted octanol–water partition coefficient (Wildman–Crippen LogP) is 6.92. The molecule has 6 nitrogen and oxygen atoms in total. The Hall–Kier alpha value is -2.60. The first-order valence-electron chi connectivity index (χ1n) is 15.2. The maximum atomic E-state index is 9.19. The van der Waals surface area contributed by atoms with Crippen LogP contribution in [0.25, 0.3) is 13.2 Å². The molecule has 232 valence electrons. The van der Waals surface area contributed by atoms with Crippen LogP contribution in [-0.2, 0) is 13.1 Å². The highest BCUT2D eigenvalue weighted by Crippen LogP contribution is 2.38. The van der Waals surface area contributed by atoms with E-state index in [1.807, 2.05) is 0 Å². The summed E-state index contributed by atoms with van der Waals surface area (Å²) >= 11 is 0. The second-order valence-corrected chi connectivity index (χ2v) is 17.4. The third-order valence-corrected chi connectivity index (χ3v) is 7.97. The predicted molar refractivity (Wildman–Crippen MR) is 175 cm³/mol. The van der Waals surface area contributed by atoms with Crippen LogP contribution in [0.1, 0.15) is 115 Å². The molecule has 0 spiro atoms. The summed E-state index contributed by atoms with van der Waals surface area (Å²) in [5, 5.41) is 25.3. The van der Waals surface area contributed by atoms with Gasteiger partial charge in [0.2, 0.25) is 0 Å². The van der Waals surface area contributed by atoms with E-state index in [2.05, 4.69) is 135 Å². The molecule has 0 fully saturated rings. The van der Waals surface area contributed by atoms with E-state index in [0.717, 1.165) is 62.2 Å². The molecule has 0 aliphatic carbocycles. The molecule has 1 aromatic rings. The van der Waals surface area contributed by atoms with Crippen molar-refractivity contribution in [3.63, 3.8) is 0 Å². The van der Waals surface area contributed by atoms with E-state index < -0.39 is 0 Å². The summed E-state index contributed by atoms with van der Waals surface area (Å²) in [5.41, 5.74) is 2.22. The van der Waals surface area contributed by atoms with E-state index in [9.17, 15) is 5.26 Å². The molecule has 2 N–H and O–H groups in total. The summed E-state index contributed by atoms with van der Waals surface area (Å²) in [7, 11) is 0. The van der Waals surface area contributed by atoms with Gasteiger partial charge in [-0.1, -0.05) is 103 Å². The molecule has 0 atom stereocenters. The fourth-order valence-corrected chi connectivity index (χ4v) is 7.20. The standard InChI is InChI=1S/C35H62N6/c1-27(38-23-32(8,9)20-30(4,5)16-18-36)39-24-33(10,11)22-35(14,15)26-41-28(2)40(29(41)3)25-34(12,13)21-31(6,7)17-19-37/h38-39H,1-3,16-17,20-26H2,4-15H3. The number of hydrogen-bond acceptors (Lipinski definition) is 4. The van der Waals surface area contributed by atoms with Crippen LogP contribution in [0.4, 0.5) is 0 Å². The summed E-state index contributed by atoms with van der Waals surface area (Å²) < 4.78 is 4.50. The number of nitriles is 2. The Balaban J connectivity index is 2.73. The number of rotatable bonds is 18. The lowest BCUT2D eigenvalue weighted by Crippen LogP contribution is -2.57. The van der Waals surface area contributed by atoms with Crippen LogP contribution in [0.3, 0.4) is 0 Å². The highest BCUT2D eigenvalue weighted by Gasteiger charge is 2.33. The second kappa shape index (κ2) is 13.1. The smallest absolute Gasteiger partial charge is 0.108 e. The lowest BCUT2D eigenvalue weighted by Gasteiger charge is -2.39. The third-order valence-electron chi connectivity index (χ3n) is 7.97. The van der Waals surface area contributed by atoms with E-state index in [0.29, 0.717) is 12.8 Å². The van der Waals surface area contributed by atoms with E-state index in [4.69, 9.17) is 5.26 Å². The fraction of sp³-hybridized carbons (Fsp3) is 0.771. The van der Waals surface area contributed by atoms with Crippen LogP contribution in [0, 0.1) is 55.2 Å². The zero-order valence-corrected chi connectivity index (χ0v) is 28.8. The van der Waals surface area contributed by atoms with Crippen molar-refractivity contribution in [1.29, 1.82) is 10.5 Å². The Morgan fingerprint density at radius 2 is 0.878 bits per heavy atom. The number of hydrogen-bond donors (Lipinski definition) is 2. The average molecular weight is 567 g/mol. The molecule has 0 aliphatic heterocycles. The average Bonchev–Trinajstić information content (AvgIpc) is 2.76. The van der Waals surface area contributed by atoms with Gasteiger partial charge in [0.1, 0.15) is 11.0 Å². The van der Waals surface area contributed by atoms with Gasteiger partial charge in [0.15, 0.2) is 0 Å². The molecule has 0 saturated carbocycles. The maximum absolute atomic E-state index is 9.19. The minimum atomic E-state index is -0.0148. The Labute approximate surface area is 252 Å². The molecule has 6 heteroatoms. The SMILES string of the molecule is C=C(NCC(C)(C)CC(C)(C)CC#N)NCC(C)(C)CC(C)(C)Cn1c(=C)n(CC(C)(C)CC(C)(C)CC#N)c1=C. The van der Waals surface area contributed by atoms with Gasteiger partial charge in [-0.2, -0.15) is 10.5 Å². The van der Waals surface area contributed by atoms with Crippen molar-refractivity contribution < 1.29 is 0 Å². The monoisotopic (exact) mass is 567 g/mol. The fourth-order valence-electron chi connectivity index (χ4n) is 7.20. The van der Waals surface area contributed by atoms with E-state index in [1.54, 1.807) is 0 Å². The third kappa shape index (κ3) is 12.4. The van der Waals surface area contributed by atoms with Crippen LogP contribution >= 0.6 is 0 Å². The van der Waals surface area contributed by atoms with Crippen molar-refractivity contribution in [1.82, 2.24) is 19.8 Å². The molecule has 41 heavy (non-hydrogen) atoms. The number of nitrogens with zero attached hydrogens (tertiary/aromatic N) is 4. The van der Waals surface area contributed by atoms with Crippen molar-refractivity contribution in [3.8, 4) is 12.1 Å². The molecule has 0 saturated heterocycles. The zero-order chi connectivity index (χ0) is 32.1. The highest BCUT2D eigenvalue weighted by atomic mass is 15.2. The van der Waals surface area contributed by atoms with E-state index in [-0.39, 0.29) is 32.5 Å². The van der Waals surface area contributed by atoms with Crippen molar-refractivity contribution >= 4 is 13.2 Å². The summed E-state index contributed by atoms with van der Waals surface area (Å²) in [6.07, 6.45) is 4.09. The first-order valence-corrected chi connectivity index (χ1v) is 15.2. The second-order valence-electron chi connectivity index (χ2n) is 17.4. The topological polar surface area (TPSA) is 81.5 Å². The van der Waals surface area contributed by atoms with Gasteiger partial charge in [-0.25, -0.2) is 0 Å². The van der Waals surface area contributed by atoms with E-state index >= 15 is 0 Å². The van der Waals surface area contributed by atoms with Gasteiger partial charge in [0.05, 0.1) is 18.0 Å². The molecule has 0 unspecified atom stereocenters. The van der Waals surface area contributed by atoms with Crippen molar-refractivity contribution in [3.05, 3.63) is 23.4 Å². The van der Waals surface area contributed by atoms with Crippen LogP contribution in [0.15, 0.2) is 12.4 Å². The van der Waals surface area contributed by atoms with Gasteiger partial charge in [-0.05, 0) is 51.8 Å². The molecule has 0 aromatic carbocycles. The summed E-state index contributed by atoms with van der Waals surface area (Å²) in [5.74, 6) is 0.850. The van der Waals surface area contributed by atoms with Crippen LogP contribution in [0.5, 0.6) is 0 Å². The minimum absolute atomic E-state index is 0.00248. The molecule has 1 aromatic heterocycles. The van der Waals surface area contributed by atoms with Crippen LogP contribution < -0.4 is 21.6 Å². The van der Waals surface area contributed by atoms with Crippen molar-refractivity contribution in [2.24, 2.45) is 32.5 Å². The number of nitrogens with one attached hydrogen (secondary N) is 2. The molecule has 1 rings (SSSR count). The molecular weight excluding hydrogens is 504 g/mol. The normalized spacial score (nSPS) is 13.5. The molecule has 0 aliphatic rings. The lowest BCUT2D eigenvalue weighted by atomic mass is 9.73. The molecule has 1 heterocycles. The quantitative estimate of drug-likeness (QED) is 0.202. The molecule has 0 bridgehead atoms. The lowest BCUT2D eigenvalue weighted by molar-refractivity contribution is 0.143. The van der Waals surface area contributed by atoms with Gasteiger partial charge in [0, 0.05) is 39.0 Å². The van der Waals surface area contributed by atoms with Gasteiger partial charge in [-0.15, -0.1) is 0 Å². The van der Waals surface area contributed by atoms with Crippen LogP contribution in [0.2, 0.25) is 0 Å². The van der Waals surface area contributed by atoms with Gasteiger partial charge < -0.3 is 19.8 Å². The Bertz CT molecular complexity index is 1180. The summed E-state index contributed by atoms with van der Waals surface area (Å²) in [6.45, 7) is 43.3. The maximum Gasteiger partial charge on any atom is 0.108 e.